The first-order valence-corrected chi connectivity index (χ1v) is 8.96. The van der Waals surface area contributed by atoms with E-state index in [1.165, 1.54) is 0 Å². The van der Waals surface area contributed by atoms with Crippen molar-refractivity contribution in [1.29, 1.82) is 0 Å². The number of carbonyl (C=O) groups is 1. The second kappa shape index (κ2) is 8.39. The molecule has 1 atom stereocenters. The van der Waals surface area contributed by atoms with E-state index in [0.717, 1.165) is 30.3 Å². The molecule has 2 aromatic carbocycles. The molecule has 2 aromatic rings. The molecular weight excluding hydrogens is 498 g/mol. The Hall–Kier alpha value is -1.28. The Balaban J connectivity index is 2.53. The molecule has 1 unspecified atom stereocenters. The minimum absolute atomic E-state index is 0.0252. The van der Waals surface area contributed by atoms with Gasteiger partial charge in [0.25, 0.3) is 0 Å². The zero-order valence-electron chi connectivity index (χ0n) is 12.9. The van der Waals surface area contributed by atoms with E-state index in [1.807, 2.05) is 0 Å². The largest absolute Gasteiger partial charge is 0.478 e. The lowest BCUT2D eigenvalue weighted by atomic mass is 9.96. The maximum absolute atomic E-state index is 14.5. The highest BCUT2D eigenvalue weighted by atomic mass is 79.9. The van der Waals surface area contributed by atoms with E-state index in [0.29, 0.717) is 6.08 Å². The van der Waals surface area contributed by atoms with E-state index in [1.54, 1.807) is 0 Å². The number of rotatable bonds is 4. The minimum Gasteiger partial charge on any atom is -0.478 e. The fourth-order valence-corrected chi connectivity index (χ4v) is 3.38. The highest BCUT2D eigenvalue weighted by Crippen LogP contribution is 2.42. The van der Waals surface area contributed by atoms with Gasteiger partial charge in [0.2, 0.25) is 0 Å². The van der Waals surface area contributed by atoms with Crippen LogP contribution in [0.25, 0.3) is 5.83 Å². The topological polar surface area (TPSA) is 37.3 Å². The Morgan fingerprint density at radius 2 is 1.67 bits per heavy atom. The highest BCUT2D eigenvalue weighted by molar-refractivity contribution is 9.10. The molecule has 0 bridgehead atoms. The molecule has 0 aliphatic heterocycles. The standard InChI is InChI=1S/C17H8BrCl3F4O2/c18-11-3-7(1-2-9(11)16(26)27)14(22)6-10(17(23,24)25)8-4-12(19)15(21)13(20)5-8/h1-6,10H,(H,26,27)/b14-6-. The van der Waals surface area contributed by atoms with Crippen LogP contribution in [0.3, 0.4) is 0 Å². The normalized spacial score (nSPS) is 13.6. The summed E-state index contributed by atoms with van der Waals surface area (Å²) in [5.74, 6) is -4.81. The van der Waals surface area contributed by atoms with Crippen LogP contribution in [0, 0.1) is 0 Å². The zero-order chi connectivity index (χ0) is 20.5. The van der Waals surface area contributed by atoms with E-state index in [4.69, 9.17) is 39.9 Å². The molecule has 2 rings (SSSR count). The van der Waals surface area contributed by atoms with Gasteiger partial charge in [-0.3, -0.25) is 0 Å². The summed E-state index contributed by atoms with van der Waals surface area (Å²) in [5.41, 5.74) is -0.777. The summed E-state index contributed by atoms with van der Waals surface area (Å²) in [6, 6.07) is 5.13. The number of carboxylic acid groups (broad SMARTS) is 1. The third kappa shape index (κ3) is 5.16. The predicted molar refractivity (Wildman–Crippen MR) is 100 cm³/mol. The van der Waals surface area contributed by atoms with Gasteiger partial charge >= 0.3 is 12.1 Å². The fraction of sp³-hybridized carbons (Fsp3) is 0.118. The number of hydrogen-bond acceptors (Lipinski definition) is 1. The van der Waals surface area contributed by atoms with Gasteiger partial charge in [-0.1, -0.05) is 40.9 Å². The first-order chi connectivity index (χ1) is 12.4. The Bertz CT molecular complexity index is 906. The summed E-state index contributed by atoms with van der Waals surface area (Å²) in [5, 5.41) is 8.44. The van der Waals surface area contributed by atoms with E-state index in [9.17, 15) is 22.4 Å². The maximum atomic E-state index is 14.5. The molecule has 0 heterocycles. The fourth-order valence-electron chi connectivity index (χ4n) is 2.21. The number of allylic oxidation sites excluding steroid dienone is 1. The van der Waals surface area contributed by atoms with Crippen molar-refractivity contribution in [2.24, 2.45) is 0 Å². The second-order valence-corrected chi connectivity index (χ2v) is 7.38. The molecule has 0 aliphatic rings. The third-order valence-corrected chi connectivity index (χ3v) is 5.36. The van der Waals surface area contributed by atoms with Crippen LogP contribution in [0.1, 0.15) is 27.4 Å². The Kier molecular flexibility index (Phi) is 6.84. The summed E-state index contributed by atoms with van der Waals surface area (Å²) in [4.78, 5) is 11.0. The maximum Gasteiger partial charge on any atom is 0.399 e. The summed E-state index contributed by atoms with van der Waals surface area (Å²) in [6.07, 6.45) is -4.48. The lowest BCUT2D eigenvalue weighted by Crippen LogP contribution is -2.19. The van der Waals surface area contributed by atoms with Crippen LogP contribution in [-0.2, 0) is 0 Å². The van der Waals surface area contributed by atoms with Crippen molar-refractivity contribution in [3.05, 3.63) is 72.6 Å². The number of alkyl halides is 3. The van der Waals surface area contributed by atoms with Gasteiger partial charge in [0, 0.05) is 10.0 Å². The van der Waals surface area contributed by atoms with Crippen molar-refractivity contribution in [2.75, 3.05) is 0 Å². The van der Waals surface area contributed by atoms with Gasteiger partial charge in [-0.15, -0.1) is 0 Å². The van der Waals surface area contributed by atoms with Gasteiger partial charge in [0.1, 0.15) is 11.7 Å². The second-order valence-electron chi connectivity index (χ2n) is 5.33. The minimum atomic E-state index is -4.84. The first-order valence-electron chi connectivity index (χ1n) is 7.03. The van der Waals surface area contributed by atoms with Gasteiger partial charge in [-0.25, -0.2) is 9.18 Å². The van der Waals surface area contributed by atoms with Crippen LogP contribution in [0.15, 0.2) is 40.9 Å². The molecule has 1 N–H and O–H groups in total. The third-order valence-electron chi connectivity index (χ3n) is 3.51. The molecule has 144 valence electrons. The number of halogens is 8. The van der Waals surface area contributed by atoms with E-state index in [-0.39, 0.29) is 30.7 Å². The SMILES string of the molecule is O=C(O)c1ccc(/C(F)=C/C(c2cc(Cl)c(Cl)c(Cl)c2)C(F)(F)F)cc1Br. The van der Waals surface area contributed by atoms with Crippen LogP contribution in [0.2, 0.25) is 15.1 Å². The van der Waals surface area contributed by atoms with Crippen molar-refractivity contribution in [2.45, 2.75) is 12.1 Å². The zero-order valence-corrected chi connectivity index (χ0v) is 16.8. The van der Waals surface area contributed by atoms with Gasteiger partial charge in [-0.05, 0) is 51.8 Å². The molecule has 0 saturated carbocycles. The Labute approximate surface area is 174 Å². The summed E-state index contributed by atoms with van der Waals surface area (Å²) >= 11 is 20.2. The van der Waals surface area contributed by atoms with Crippen molar-refractivity contribution in [3.8, 4) is 0 Å². The van der Waals surface area contributed by atoms with Crippen LogP contribution >= 0.6 is 50.7 Å². The van der Waals surface area contributed by atoms with Gasteiger partial charge < -0.3 is 5.11 Å². The van der Waals surface area contributed by atoms with E-state index >= 15 is 0 Å². The van der Waals surface area contributed by atoms with E-state index < -0.39 is 29.5 Å². The predicted octanol–water partition coefficient (Wildman–Crippen LogP) is 7.76. The van der Waals surface area contributed by atoms with Crippen LogP contribution in [0.4, 0.5) is 17.6 Å². The van der Waals surface area contributed by atoms with Crippen molar-refractivity contribution >= 4 is 62.5 Å². The van der Waals surface area contributed by atoms with Crippen molar-refractivity contribution < 1.29 is 27.5 Å². The van der Waals surface area contributed by atoms with E-state index in [2.05, 4.69) is 15.9 Å². The molecule has 0 saturated heterocycles. The van der Waals surface area contributed by atoms with Crippen molar-refractivity contribution in [3.63, 3.8) is 0 Å². The molecular formula is C17H8BrCl3F4O2. The molecule has 2 nitrogen and oxygen atoms in total. The monoisotopic (exact) mass is 504 g/mol. The Morgan fingerprint density at radius 1 is 1.11 bits per heavy atom. The molecule has 0 spiro atoms. The number of carboxylic acids is 1. The molecule has 27 heavy (non-hydrogen) atoms. The quantitative estimate of drug-likeness (QED) is 0.340. The number of benzene rings is 2. The molecule has 0 radical (unpaired) electrons. The summed E-state index contributed by atoms with van der Waals surface area (Å²) in [7, 11) is 0. The van der Waals surface area contributed by atoms with Gasteiger partial charge in [0.15, 0.2) is 0 Å². The molecule has 0 amide bonds. The smallest absolute Gasteiger partial charge is 0.399 e. The molecule has 0 aromatic heterocycles. The number of hydrogen-bond donors (Lipinski definition) is 1. The molecule has 0 fully saturated rings. The van der Waals surface area contributed by atoms with Crippen molar-refractivity contribution in [1.82, 2.24) is 0 Å². The summed E-state index contributed by atoms with van der Waals surface area (Å²) < 4.78 is 55.0. The number of aromatic carboxylic acids is 1. The van der Waals surface area contributed by atoms with Gasteiger partial charge in [-0.2, -0.15) is 13.2 Å². The average Bonchev–Trinajstić information content (AvgIpc) is 2.55. The first kappa shape index (κ1) is 22.0. The Morgan fingerprint density at radius 3 is 2.11 bits per heavy atom. The van der Waals surface area contributed by atoms with Crippen LogP contribution in [-0.4, -0.2) is 17.3 Å². The van der Waals surface area contributed by atoms with Crippen LogP contribution < -0.4 is 0 Å². The molecule has 10 heteroatoms. The van der Waals surface area contributed by atoms with Crippen LogP contribution in [0.5, 0.6) is 0 Å². The van der Waals surface area contributed by atoms with Gasteiger partial charge in [0.05, 0.1) is 20.6 Å². The highest BCUT2D eigenvalue weighted by Gasteiger charge is 2.40. The molecule has 0 aliphatic carbocycles. The summed E-state index contributed by atoms with van der Waals surface area (Å²) in [6.45, 7) is 0. The average molecular weight is 507 g/mol. The lowest BCUT2D eigenvalue weighted by Gasteiger charge is -2.19. The lowest BCUT2D eigenvalue weighted by molar-refractivity contribution is -0.139.